The van der Waals surface area contributed by atoms with Crippen LogP contribution >= 0.6 is 0 Å². The molecule has 0 heterocycles. The molecule has 1 atom stereocenters. The zero-order valence-corrected chi connectivity index (χ0v) is 9.38. The van der Waals surface area contributed by atoms with Gasteiger partial charge in [0.1, 0.15) is 0 Å². The second-order valence-electron chi connectivity index (χ2n) is 4.72. The zero-order valence-electron chi connectivity index (χ0n) is 9.38. The molecule has 0 radical (unpaired) electrons. The largest absolute Gasteiger partial charge is 0.381 e. The van der Waals surface area contributed by atoms with Crippen LogP contribution in [0.2, 0.25) is 0 Å². The number of hydrogen-bond acceptors (Lipinski definition) is 3. The Labute approximate surface area is 86.0 Å². The summed E-state index contributed by atoms with van der Waals surface area (Å²) in [6.07, 6.45) is 1.50. The van der Waals surface area contributed by atoms with Crippen LogP contribution in [-0.2, 0) is 9.53 Å². The Morgan fingerprint density at radius 2 is 1.93 bits per heavy atom. The minimum absolute atomic E-state index is 0.284. The van der Waals surface area contributed by atoms with Crippen molar-refractivity contribution >= 4 is 5.91 Å². The first-order valence-corrected chi connectivity index (χ1v) is 4.95. The molecule has 0 saturated carbocycles. The molecule has 0 aromatic carbocycles. The van der Waals surface area contributed by atoms with E-state index in [1.165, 1.54) is 0 Å². The maximum Gasteiger partial charge on any atom is 0.234 e. The fourth-order valence-corrected chi connectivity index (χ4v) is 0.833. The summed E-state index contributed by atoms with van der Waals surface area (Å²) in [5.74, 6) is -0.468. The second kappa shape index (κ2) is 5.98. The molecule has 0 aliphatic carbocycles. The summed E-state index contributed by atoms with van der Waals surface area (Å²) >= 11 is 0. The van der Waals surface area contributed by atoms with E-state index in [4.69, 9.17) is 16.2 Å². The fraction of sp³-hybridized carbons (Fsp3) is 0.900. The third kappa shape index (κ3) is 8.01. The van der Waals surface area contributed by atoms with Gasteiger partial charge in [0.05, 0.1) is 6.04 Å². The fourth-order valence-electron chi connectivity index (χ4n) is 0.833. The van der Waals surface area contributed by atoms with Crippen molar-refractivity contribution in [2.24, 2.45) is 16.9 Å². The van der Waals surface area contributed by atoms with Crippen molar-refractivity contribution in [2.75, 3.05) is 13.2 Å². The lowest BCUT2D eigenvalue weighted by Gasteiger charge is -2.17. The highest BCUT2D eigenvalue weighted by Gasteiger charge is 2.11. The first kappa shape index (κ1) is 13.4. The van der Waals surface area contributed by atoms with Gasteiger partial charge in [0.2, 0.25) is 5.91 Å². The Balaban J connectivity index is 3.35. The smallest absolute Gasteiger partial charge is 0.234 e. The van der Waals surface area contributed by atoms with Crippen LogP contribution in [0.25, 0.3) is 0 Å². The first-order valence-electron chi connectivity index (χ1n) is 4.95. The molecule has 0 bridgehead atoms. The Hall–Kier alpha value is -0.610. The predicted octanol–water partition coefficient (Wildman–Crippen LogP) is 0.642. The highest BCUT2D eigenvalue weighted by molar-refractivity contribution is 5.79. The van der Waals surface area contributed by atoms with E-state index in [9.17, 15) is 4.79 Å². The quantitative estimate of drug-likeness (QED) is 0.620. The highest BCUT2D eigenvalue weighted by Crippen LogP contribution is 2.17. The molecule has 0 rings (SSSR count). The number of carbonyl (C=O) groups excluding carboxylic acids is 1. The number of amides is 1. The van der Waals surface area contributed by atoms with Crippen LogP contribution in [-0.4, -0.2) is 25.2 Å². The lowest BCUT2D eigenvalue weighted by atomic mass is 9.93. The van der Waals surface area contributed by atoms with Gasteiger partial charge >= 0.3 is 0 Å². The average molecular weight is 202 g/mol. The van der Waals surface area contributed by atoms with Crippen LogP contribution in [0.3, 0.4) is 0 Å². The van der Waals surface area contributed by atoms with Crippen LogP contribution in [0.1, 0.15) is 33.6 Å². The van der Waals surface area contributed by atoms with Crippen molar-refractivity contribution in [3.8, 4) is 0 Å². The van der Waals surface area contributed by atoms with Crippen LogP contribution in [0.4, 0.5) is 0 Å². The van der Waals surface area contributed by atoms with Crippen LogP contribution < -0.4 is 11.5 Å². The van der Waals surface area contributed by atoms with E-state index in [0.29, 0.717) is 19.6 Å². The number of primary amides is 1. The normalized spacial score (nSPS) is 14.0. The number of rotatable bonds is 6. The Morgan fingerprint density at radius 1 is 1.36 bits per heavy atom. The molecule has 4 nitrogen and oxygen atoms in total. The molecule has 1 unspecified atom stereocenters. The molecule has 1 amide bonds. The number of hydrogen-bond donors (Lipinski definition) is 2. The molecule has 0 fully saturated rings. The second-order valence-corrected chi connectivity index (χ2v) is 4.72. The molecule has 0 aromatic heterocycles. The molecular weight excluding hydrogens is 180 g/mol. The molecule has 0 aliphatic rings. The molecule has 0 saturated heterocycles. The van der Waals surface area contributed by atoms with Crippen LogP contribution in [0.5, 0.6) is 0 Å². The third-order valence-corrected chi connectivity index (χ3v) is 1.94. The zero-order chi connectivity index (χ0) is 11.2. The van der Waals surface area contributed by atoms with E-state index < -0.39 is 11.9 Å². The standard InChI is InChI=1S/C10H22N2O2/c1-10(2,3)5-7-14-6-4-8(11)9(12)13/h8H,4-7,11H2,1-3H3,(H2,12,13). The van der Waals surface area contributed by atoms with Gasteiger partial charge in [0.15, 0.2) is 0 Å². The molecule has 0 aliphatic heterocycles. The Morgan fingerprint density at radius 3 is 2.36 bits per heavy atom. The molecular formula is C10H22N2O2. The van der Waals surface area contributed by atoms with Crippen molar-refractivity contribution in [3.63, 3.8) is 0 Å². The van der Waals surface area contributed by atoms with Crippen molar-refractivity contribution in [1.82, 2.24) is 0 Å². The summed E-state index contributed by atoms with van der Waals surface area (Å²) in [4.78, 5) is 10.6. The predicted molar refractivity (Wildman–Crippen MR) is 56.7 cm³/mol. The molecule has 4 heteroatoms. The first-order chi connectivity index (χ1) is 6.33. The highest BCUT2D eigenvalue weighted by atomic mass is 16.5. The molecule has 84 valence electrons. The van der Waals surface area contributed by atoms with Gasteiger partial charge in [-0.2, -0.15) is 0 Å². The SMILES string of the molecule is CC(C)(C)CCOCCC(N)C(N)=O. The number of carbonyl (C=O) groups is 1. The summed E-state index contributed by atoms with van der Waals surface area (Å²) in [6.45, 7) is 7.68. The van der Waals surface area contributed by atoms with Gasteiger partial charge in [0.25, 0.3) is 0 Å². The van der Waals surface area contributed by atoms with E-state index >= 15 is 0 Å². The van der Waals surface area contributed by atoms with Gasteiger partial charge in [-0.15, -0.1) is 0 Å². The molecule has 4 N–H and O–H groups in total. The van der Waals surface area contributed by atoms with Gasteiger partial charge in [-0.25, -0.2) is 0 Å². The minimum atomic E-state index is -0.579. The maximum atomic E-state index is 10.6. The summed E-state index contributed by atoms with van der Waals surface area (Å²) < 4.78 is 5.34. The molecule has 0 aromatic rings. The molecule has 0 spiro atoms. The minimum Gasteiger partial charge on any atom is -0.381 e. The Kier molecular flexibility index (Phi) is 5.72. The van der Waals surface area contributed by atoms with Gasteiger partial charge in [-0.1, -0.05) is 20.8 Å². The molecule has 14 heavy (non-hydrogen) atoms. The van der Waals surface area contributed by atoms with Crippen molar-refractivity contribution in [3.05, 3.63) is 0 Å². The van der Waals surface area contributed by atoms with Crippen molar-refractivity contribution in [1.29, 1.82) is 0 Å². The van der Waals surface area contributed by atoms with E-state index in [0.717, 1.165) is 6.42 Å². The number of nitrogens with two attached hydrogens (primary N) is 2. The lowest BCUT2D eigenvalue weighted by Crippen LogP contribution is -2.37. The van der Waals surface area contributed by atoms with Crippen molar-refractivity contribution in [2.45, 2.75) is 39.7 Å². The van der Waals surface area contributed by atoms with Gasteiger partial charge in [-0.3, -0.25) is 4.79 Å². The van der Waals surface area contributed by atoms with E-state index in [1.54, 1.807) is 0 Å². The summed E-state index contributed by atoms with van der Waals surface area (Å²) in [5.41, 5.74) is 10.7. The van der Waals surface area contributed by atoms with E-state index in [1.807, 2.05) is 0 Å². The van der Waals surface area contributed by atoms with Gasteiger partial charge < -0.3 is 16.2 Å². The average Bonchev–Trinajstić information content (AvgIpc) is 2.01. The number of ether oxygens (including phenoxy) is 1. The maximum absolute atomic E-state index is 10.6. The monoisotopic (exact) mass is 202 g/mol. The summed E-state index contributed by atoms with van der Waals surface area (Å²) in [5, 5.41) is 0. The summed E-state index contributed by atoms with van der Waals surface area (Å²) in [7, 11) is 0. The topological polar surface area (TPSA) is 78.3 Å². The van der Waals surface area contributed by atoms with Gasteiger partial charge in [0, 0.05) is 13.2 Å². The lowest BCUT2D eigenvalue weighted by molar-refractivity contribution is -0.119. The summed E-state index contributed by atoms with van der Waals surface area (Å²) in [6, 6.07) is -0.579. The van der Waals surface area contributed by atoms with Crippen molar-refractivity contribution < 1.29 is 9.53 Å². The van der Waals surface area contributed by atoms with E-state index in [-0.39, 0.29) is 5.41 Å². The third-order valence-electron chi connectivity index (χ3n) is 1.94. The Bertz CT molecular complexity index is 175. The van der Waals surface area contributed by atoms with Gasteiger partial charge in [-0.05, 0) is 18.3 Å². The van der Waals surface area contributed by atoms with Crippen LogP contribution in [0, 0.1) is 5.41 Å². The van der Waals surface area contributed by atoms with Crippen LogP contribution in [0.15, 0.2) is 0 Å². The van der Waals surface area contributed by atoms with E-state index in [2.05, 4.69) is 20.8 Å².